The summed E-state index contributed by atoms with van der Waals surface area (Å²) in [4.78, 5) is 37.2. The number of esters is 1. The summed E-state index contributed by atoms with van der Waals surface area (Å²) in [5.41, 5.74) is 4.50. The van der Waals surface area contributed by atoms with Crippen molar-refractivity contribution < 1.29 is 28.6 Å². The molecule has 0 saturated carbocycles. The molecule has 34 heavy (non-hydrogen) atoms. The lowest BCUT2D eigenvalue weighted by Gasteiger charge is -2.16. The van der Waals surface area contributed by atoms with E-state index < -0.39 is 11.8 Å². The summed E-state index contributed by atoms with van der Waals surface area (Å²) in [5.74, 6) is -0.0554. The number of nitrogens with one attached hydrogen (secondary N) is 1. The number of carbonyl (C=O) groups excluding carboxylic acids is 3. The number of amides is 2. The van der Waals surface area contributed by atoms with E-state index in [2.05, 4.69) is 5.43 Å². The highest BCUT2D eigenvalue weighted by Crippen LogP contribution is 2.34. The first kappa shape index (κ1) is 24.8. The third kappa shape index (κ3) is 5.95. The Labute approximate surface area is 199 Å². The molecule has 0 bridgehead atoms. The number of ether oxygens (including phenoxy) is 3. The molecule has 0 atom stereocenters. The second-order valence-electron chi connectivity index (χ2n) is 7.69. The van der Waals surface area contributed by atoms with Crippen LogP contribution in [-0.4, -0.2) is 37.6 Å². The maximum absolute atomic E-state index is 13.0. The second-order valence-corrected chi connectivity index (χ2v) is 7.69. The van der Waals surface area contributed by atoms with Crippen LogP contribution in [0.1, 0.15) is 44.2 Å². The summed E-state index contributed by atoms with van der Waals surface area (Å²) in [7, 11) is 0. The van der Waals surface area contributed by atoms with Crippen LogP contribution in [0.4, 0.5) is 5.69 Å². The van der Waals surface area contributed by atoms with Crippen LogP contribution in [-0.2, 0) is 19.1 Å². The quantitative estimate of drug-likeness (QED) is 0.233. The smallest absolute Gasteiger partial charge is 0.305 e. The van der Waals surface area contributed by atoms with Gasteiger partial charge in [-0.3, -0.25) is 19.8 Å². The maximum Gasteiger partial charge on any atom is 0.305 e. The van der Waals surface area contributed by atoms with Crippen molar-refractivity contribution in [1.82, 2.24) is 5.43 Å². The van der Waals surface area contributed by atoms with Gasteiger partial charge >= 0.3 is 5.97 Å². The molecular weight excluding hydrogens is 436 g/mol. The molecule has 1 N–H and O–H groups in total. The van der Waals surface area contributed by atoms with Gasteiger partial charge in [0.1, 0.15) is 17.1 Å². The number of hydrazine groups is 1. The lowest BCUT2D eigenvalue weighted by atomic mass is 10.0. The molecule has 1 aliphatic rings. The molecule has 1 aliphatic heterocycles. The molecular formula is C26H30N2O6. The summed E-state index contributed by atoms with van der Waals surface area (Å²) in [6, 6.07) is 12.5. The number of hydrogen-bond acceptors (Lipinski definition) is 6. The van der Waals surface area contributed by atoms with E-state index in [1.807, 2.05) is 19.9 Å². The molecule has 0 aromatic heterocycles. The van der Waals surface area contributed by atoms with Crippen LogP contribution in [0.3, 0.4) is 0 Å². The van der Waals surface area contributed by atoms with Crippen molar-refractivity contribution in [1.29, 1.82) is 0 Å². The number of rotatable bonds is 11. The van der Waals surface area contributed by atoms with Crippen molar-refractivity contribution >= 4 is 29.5 Å². The van der Waals surface area contributed by atoms with Gasteiger partial charge in [-0.1, -0.05) is 25.1 Å². The minimum Gasteiger partial charge on any atom is -0.493 e. The van der Waals surface area contributed by atoms with Crippen molar-refractivity contribution in [2.75, 3.05) is 24.8 Å². The third-order valence-electron chi connectivity index (χ3n) is 5.13. The van der Waals surface area contributed by atoms with Gasteiger partial charge in [0, 0.05) is 17.5 Å². The monoisotopic (exact) mass is 466 g/mol. The highest BCUT2D eigenvalue weighted by molar-refractivity contribution is 6.31. The first-order valence-electron chi connectivity index (χ1n) is 11.4. The molecule has 0 spiro atoms. The highest BCUT2D eigenvalue weighted by atomic mass is 16.5. The van der Waals surface area contributed by atoms with Crippen LogP contribution in [0, 0.1) is 6.92 Å². The van der Waals surface area contributed by atoms with Crippen molar-refractivity contribution in [3.63, 3.8) is 0 Å². The molecule has 0 aliphatic carbocycles. The first-order chi connectivity index (χ1) is 16.5. The van der Waals surface area contributed by atoms with E-state index in [1.54, 1.807) is 43.3 Å². The summed E-state index contributed by atoms with van der Waals surface area (Å²) in [6.07, 6.45) is 3.08. The molecule has 1 fully saturated rings. The van der Waals surface area contributed by atoms with Gasteiger partial charge in [0.25, 0.3) is 11.8 Å². The van der Waals surface area contributed by atoms with Crippen molar-refractivity contribution in [2.45, 2.75) is 40.0 Å². The van der Waals surface area contributed by atoms with Gasteiger partial charge in [0.2, 0.25) is 0 Å². The van der Waals surface area contributed by atoms with Crippen molar-refractivity contribution in [3.8, 4) is 11.5 Å². The molecule has 1 heterocycles. The Morgan fingerprint density at radius 1 is 1.03 bits per heavy atom. The van der Waals surface area contributed by atoms with Crippen LogP contribution in [0.2, 0.25) is 0 Å². The van der Waals surface area contributed by atoms with E-state index in [-0.39, 0.29) is 24.6 Å². The van der Waals surface area contributed by atoms with Gasteiger partial charge in [-0.15, -0.1) is 0 Å². The first-order valence-corrected chi connectivity index (χ1v) is 11.4. The lowest BCUT2D eigenvalue weighted by molar-refractivity contribution is -0.143. The molecule has 2 amide bonds. The number of nitrogens with zero attached hydrogens (tertiary/aromatic N) is 1. The van der Waals surface area contributed by atoms with Crippen LogP contribution < -0.4 is 19.9 Å². The second kappa shape index (κ2) is 11.9. The van der Waals surface area contributed by atoms with Crippen LogP contribution in [0.5, 0.6) is 11.5 Å². The summed E-state index contributed by atoms with van der Waals surface area (Å²) < 4.78 is 16.8. The van der Waals surface area contributed by atoms with E-state index >= 15 is 0 Å². The molecule has 0 radical (unpaired) electrons. The van der Waals surface area contributed by atoms with Crippen LogP contribution >= 0.6 is 0 Å². The fourth-order valence-electron chi connectivity index (χ4n) is 3.46. The SMILES string of the molecule is CCCOc1ccc(/C=C2\C(=O)NN(c3ccccc3)C2=O)c(OCCCC(=O)OCC)c1C. The Balaban J connectivity index is 1.86. The fraction of sp³-hybridized carbons (Fsp3) is 0.346. The number of hydrogen-bond donors (Lipinski definition) is 1. The van der Waals surface area contributed by atoms with Gasteiger partial charge < -0.3 is 14.2 Å². The van der Waals surface area contributed by atoms with Crippen molar-refractivity contribution in [3.05, 3.63) is 59.2 Å². The Morgan fingerprint density at radius 3 is 2.50 bits per heavy atom. The van der Waals surface area contributed by atoms with Crippen LogP contribution in [0.15, 0.2) is 48.0 Å². The molecule has 3 rings (SSSR count). The molecule has 180 valence electrons. The Morgan fingerprint density at radius 2 is 1.79 bits per heavy atom. The van der Waals surface area contributed by atoms with Gasteiger partial charge in [-0.2, -0.15) is 0 Å². The van der Waals surface area contributed by atoms with E-state index in [9.17, 15) is 14.4 Å². The van der Waals surface area contributed by atoms with E-state index in [0.29, 0.717) is 42.4 Å². The number of anilines is 1. The molecule has 0 unspecified atom stereocenters. The predicted octanol–water partition coefficient (Wildman–Crippen LogP) is 3.97. The molecule has 2 aromatic rings. The van der Waals surface area contributed by atoms with E-state index in [0.717, 1.165) is 12.0 Å². The average molecular weight is 467 g/mol. The summed E-state index contributed by atoms with van der Waals surface area (Å²) >= 11 is 0. The van der Waals surface area contributed by atoms with Gasteiger partial charge in [-0.05, 0) is 57.0 Å². The molecule has 1 saturated heterocycles. The Hall–Kier alpha value is -3.81. The summed E-state index contributed by atoms with van der Waals surface area (Å²) in [6.45, 7) is 6.80. The largest absolute Gasteiger partial charge is 0.493 e. The third-order valence-corrected chi connectivity index (χ3v) is 5.13. The van der Waals surface area contributed by atoms with Gasteiger partial charge in [0.15, 0.2) is 0 Å². The van der Waals surface area contributed by atoms with Crippen LogP contribution in [0.25, 0.3) is 6.08 Å². The predicted molar refractivity (Wildman–Crippen MR) is 128 cm³/mol. The van der Waals surface area contributed by atoms with Gasteiger partial charge in [0.05, 0.1) is 25.5 Å². The molecule has 8 heteroatoms. The minimum atomic E-state index is -0.494. The van der Waals surface area contributed by atoms with E-state index in [1.165, 1.54) is 11.1 Å². The maximum atomic E-state index is 13.0. The number of carbonyl (C=O) groups is 3. The normalized spacial score (nSPS) is 14.3. The zero-order valence-electron chi connectivity index (χ0n) is 19.8. The zero-order valence-corrected chi connectivity index (χ0v) is 19.8. The Bertz CT molecular complexity index is 1060. The molecule has 2 aromatic carbocycles. The minimum absolute atomic E-state index is 0.00172. The number of para-hydroxylation sites is 1. The highest BCUT2D eigenvalue weighted by Gasteiger charge is 2.34. The van der Waals surface area contributed by atoms with Gasteiger partial charge in [-0.25, -0.2) is 5.01 Å². The lowest BCUT2D eigenvalue weighted by Crippen LogP contribution is -2.35. The molecule has 8 nitrogen and oxygen atoms in total. The fourth-order valence-corrected chi connectivity index (χ4v) is 3.46. The summed E-state index contributed by atoms with van der Waals surface area (Å²) in [5, 5.41) is 1.22. The Kier molecular flexibility index (Phi) is 8.67. The zero-order chi connectivity index (χ0) is 24.5. The topological polar surface area (TPSA) is 94.2 Å². The van der Waals surface area contributed by atoms with Crippen molar-refractivity contribution in [2.24, 2.45) is 0 Å². The standard InChI is InChI=1S/C26H30N2O6/c1-4-15-33-22-14-13-19(24(18(22)3)34-16-9-12-23(29)32-5-2)17-21-25(30)27-28(26(21)31)20-10-7-6-8-11-20/h6-8,10-11,13-14,17H,4-5,9,12,15-16H2,1-3H3,(H,27,30)/b21-17+. The number of benzene rings is 2. The average Bonchev–Trinajstić information content (AvgIpc) is 3.11. The van der Waals surface area contributed by atoms with E-state index in [4.69, 9.17) is 14.2 Å².